The van der Waals surface area contributed by atoms with E-state index in [1.54, 1.807) is 0 Å². The van der Waals surface area contributed by atoms with Crippen LogP contribution in [-0.4, -0.2) is 28.6 Å². The minimum Gasteiger partial charge on any atom is -0.480 e. The molecule has 3 atom stereocenters. The Hall–Kier alpha value is -1.35. The van der Waals surface area contributed by atoms with Crippen LogP contribution in [0.25, 0.3) is 0 Å². The van der Waals surface area contributed by atoms with E-state index in [2.05, 4.69) is 43.0 Å². The standard InChI is InChI=1S/C16H23NO2/c1-4-13-5-7-14(8-6-13)12(3)17-10-9-11(2)15(17)16(18)19/h5-8,11-12,15H,4,9-10H2,1-3H3,(H,18,19). The van der Waals surface area contributed by atoms with Gasteiger partial charge in [-0.25, -0.2) is 0 Å². The minimum absolute atomic E-state index is 0.164. The first-order valence-electron chi connectivity index (χ1n) is 7.12. The van der Waals surface area contributed by atoms with Crippen LogP contribution in [0.4, 0.5) is 0 Å². The number of carbonyl (C=O) groups is 1. The monoisotopic (exact) mass is 261 g/mol. The summed E-state index contributed by atoms with van der Waals surface area (Å²) in [5, 5.41) is 9.39. The van der Waals surface area contributed by atoms with Gasteiger partial charge in [0.15, 0.2) is 0 Å². The Balaban J connectivity index is 2.18. The third kappa shape index (κ3) is 2.81. The Morgan fingerprint density at radius 1 is 1.42 bits per heavy atom. The largest absolute Gasteiger partial charge is 0.480 e. The number of aliphatic carboxylic acids is 1. The maximum Gasteiger partial charge on any atom is 0.321 e. The van der Waals surface area contributed by atoms with Gasteiger partial charge in [-0.3, -0.25) is 9.69 Å². The second-order valence-electron chi connectivity index (χ2n) is 5.56. The van der Waals surface area contributed by atoms with Crippen molar-refractivity contribution in [2.24, 2.45) is 5.92 Å². The van der Waals surface area contributed by atoms with Crippen molar-refractivity contribution in [1.29, 1.82) is 0 Å². The second-order valence-corrected chi connectivity index (χ2v) is 5.56. The van der Waals surface area contributed by atoms with E-state index < -0.39 is 5.97 Å². The molecule has 1 aliphatic rings. The molecule has 1 aliphatic heterocycles. The summed E-state index contributed by atoms with van der Waals surface area (Å²) in [5.74, 6) is -0.461. The number of likely N-dealkylation sites (tertiary alicyclic amines) is 1. The number of hydrogen-bond donors (Lipinski definition) is 1. The third-order valence-corrected chi connectivity index (χ3v) is 4.36. The van der Waals surface area contributed by atoms with Crippen LogP contribution in [0.2, 0.25) is 0 Å². The van der Waals surface area contributed by atoms with Crippen LogP contribution in [0, 0.1) is 5.92 Å². The summed E-state index contributed by atoms with van der Waals surface area (Å²) in [6.07, 6.45) is 2.00. The number of carboxylic acids is 1. The fraction of sp³-hybridized carbons (Fsp3) is 0.562. The molecule has 0 amide bonds. The van der Waals surface area contributed by atoms with Crippen molar-refractivity contribution in [1.82, 2.24) is 4.90 Å². The Bertz CT molecular complexity index is 441. The lowest BCUT2D eigenvalue weighted by Gasteiger charge is -2.30. The number of carboxylic acid groups (broad SMARTS) is 1. The average Bonchev–Trinajstić information content (AvgIpc) is 2.80. The maximum atomic E-state index is 11.4. The van der Waals surface area contributed by atoms with Gasteiger partial charge in [0.05, 0.1) is 0 Å². The molecule has 0 bridgehead atoms. The first-order valence-corrected chi connectivity index (χ1v) is 7.12. The van der Waals surface area contributed by atoms with Gasteiger partial charge in [0, 0.05) is 6.04 Å². The molecule has 104 valence electrons. The molecule has 0 saturated carbocycles. The summed E-state index contributed by atoms with van der Waals surface area (Å²) in [5.41, 5.74) is 2.53. The van der Waals surface area contributed by atoms with E-state index in [4.69, 9.17) is 0 Å². The van der Waals surface area contributed by atoms with Crippen molar-refractivity contribution in [2.45, 2.75) is 45.7 Å². The highest BCUT2D eigenvalue weighted by Gasteiger charge is 2.39. The first-order chi connectivity index (χ1) is 9.04. The molecule has 0 aromatic heterocycles. The van der Waals surface area contributed by atoms with E-state index in [1.165, 1.54) is 11.1 Å². The highest BCUT2D eigenvalue weighted by atomic mass is 16.4. The lowest BCUT2D eigenvalue weighted by Crippen LogP contribution is -2.40. The fourth-order valence-electron chi connectivity index (χ4n) is 3.02. The zero-order valence-electron chi connectivity index (χ0n) is 12.0. The van der Waals surface area contributed by atoms with Crippen LogP contribution in [0.15, 0.2) is 24.3 Å². The van der Waals surface area contributed by atoms with Crippen molar-refractivity contribution in [3.05, 3.63) is 35.4 Å². The summed E-state index contributed by atoms with van der Waals surface area (Å²) < 4.78 is 0. The molecule has 3 nitrogen and oxygen atoms in total. The second kappa shape index (κ2) is 5.74. The van der Waals surface area contributed by atoms with E-state index in [1.807, 2.05) is 6.92 Å². The number of hydrogen-bond acceptors (Lipinski definition) is 2. The van der Waals surface area contributed by atoms with Crippen LogP contribution in [0.3, 0.4) is 0 Å². The Kier molecular flexibility index (Phi) is 4.25. The highest BCUT2D eigenvalue weighted by Crippen LogP contribution is 2.32. The topological polar surface area (TPSA) is 40.5 Å². The van der Waals surface area contributed by atoms with Crippen molar-refractivity contribution in [2.75, 3.05) is 6.54 Å². The number of benzene rings is 1. The Labute approximate surface area is 115 Å². The molecule has 1 aromatic carbocycles. The van der Waals surface area contributed by atoms with E-state index in [-0.39, 0.29) is 18.0 Å². The normalized spacial score (nSPS) is 25.4. The van der Waals surface area contributed by atoms with Crippen LogP contribution in [0.1, 0.15) is 44.4 Å². The van der Waals surface area contributed by atoms with E-state index >= 15 is 0 Å². The molecule has 0 aliphatic carbocycles. The van der Waals surface area contributed by atoms with Crippen LogP contribution < -0.4 is 0 Å². The average molecular weight is 261 g/mol. The van der Waals surface area contributed by atoms with Crippen molar-refractivity contribution < 1.29 is 9.90 Å². The van der Waals surface area contributed by atoms with Crippen molar-refractivity contribution in [3.8, 4) is 0 Å². The Morgan fingerprint density at radius 3 is 2.58 bits per heavy atom. The summed E-state index contributed by atoms with van der Waals surface area (Å²) in [6, 6.07) is 8.36. The van der Waals surface area contributed by atoms with Gasteiger partial charge in [0.2, 0.25) is 0 Å². The van der Waals surface area contributed by atoms with Crippen molar-refractivity contribution in [3.63, 3.8) is 0 Å². The molecule has 3 heteroatoms. The predicted octanol–water partition coefficient (Wildman–Crippen LogP) is 3.11. The van der Waals surface area contributed by atoms with Gasteiger partial charge in [-0.2, -0.15) is 0 Å². The summed E-state index contributed by atoms with van der Waals surface area (Å²) >= 11 is 0. The van der Waals surface area contributed by atoms with E-state index in [0.717, 1.165) is 19.4 Å². The van der Waals surface area contributed by atoms with Crippen LogP contribution in [-0.2, 0) is 11.2 Å². The minimum atomic E-state index is -0.693. The molecular formula is C16H23NO2. The first kappa shape index (κ1) is 14.1. The molecule has 1 heterocycles. The van der Waals surface area contributed by atoms with Gasteiger partial charge in [-0.15, -0.1) is 0 Å². The lowest BCUT2D eigenvalue weighted by atomic mass is 10.0. The number of rotatable bonds is 4. The van der Waals surface area contributed by atoms with Gasteiger partial charge < -0.3 is 5.11 Å². The van der Waals surface area contributed by atoms with Crippen LogP contribution >= 0.6 is 0 Å². The summed E-state index contributed by atoms with van der Waals surface area (Å²) in [4.78, 5) is 13.5. The van der Waals surface area contributed by atoms with Gasteiger partial charge in [0.25, 0.3) is 0 Å². The molecule has 1 saturated heterocycles. The van der Waals surface area contributed by atoms with E-state index in [9.17, 15) is 9.90 Å². The zero-order chi connectivity index (χ0) is 14.0. The van der Waals surface area contributed by atoms with Gasteiger partial charge >= 0.3 is 5.97 Å². The molecule has 19 heavy (non-hydrogen) atoms. The van der Waals surface area contributed by atoms with Crippen molar-refractivity contribution >= 4 is 5.97 Å². The van der Waals surface area contributed by atoms with Gasteiger partial charge in [0.1, 0.15) is 6.04 Å². The van der Waals surface area contributed by atoms with Gasteiger partial charge in [-0.1, -0.05) is 38.1 Å². The smallest absolute Gasteiger partial charge is 0.321 e. The molecule has 1 N–H and O–H groups in total. The summed E-state index contributed by atoms with van der Waals surface area (Å²) in [7, 11) is 0. The number of nitrogens with zero attached hydrogens (tertiary/aromatic N) is 1. The lowest BCUT2D eigenvalue weighted by molar-refractivity contribution is -0.144. The summed E-state index contributed by atoms with van der Waals surface area (Å²) in [6.45, 7) is 7.15. The zero-order valence-corrected chi connectivity index (χ0v) is 12.0. The third-order valence-electron chi connectivity index (χ3n) is 4.36. The van der Waals surface area contributed by atoms with E-state index in [0.29, 0.717) is 0 Å². The molecule has 3 unspecified atom stereocenters. The molecule has 2 rings (SSSR count). The van der Waals surface area contributed by atoms with Gasteiger partial charge in [-0.05, 0) is 43.4 Å². The van der Waals surface area contributed by atoms with Crippen LogP contribution in [0.5, 0.6) is 0 Å². The molecule has 1 fully saturated rings. The molecule has 0 spiro atoms. The molecular weight excluding hydrogens is 238 g/mol. The Morgan fingerprint density at radius 2 is 2.05 bits per heavy atom. The predicted molar refractivity (Wildman–Crippen MR) is 76.1 cm³/mol. The maximum absolute atomic E-state index is 11.4. The quantitative estimate of drug-likeness (QED) is 0.905. The SMILES string of the molecule is CCc1ccc(C(C)N2CCC(C)C2C(=O)O)cc1. The molecule has 0 radical (unpaired) electrons. The fourth-order valence-corrected chi connectivity index (χ4v) is 3.02. The number of aryl methyl sites for hydroxylation is 1. The molecule has 1 aromatic rings. The highest BCUT2D eigenvalue weighted by molar-refractivity contribution is 5.74.